The van der Waals surface area contributed by atoms with Gasteiger partial charge in [0, 0.05) is 23.1 Å². The summed E-state index contributed by atoms with van der Waals surface area (Å²) in [6.45, 7) is 1.83. The van der Waals surface area contributed by atoms with E-state index in [1.165, 1.54) is 55.8 Å². The normalized spacial score (nSPS) is 11.7. The predicted octanol–water partition coefficient (Wildman–Crippen LogP) is 4.35. The van der Waals surface area contributed by atoms with Gasteiger partial charge in [-0.05, 0) is 49.4 Å². The second-order valence-corrected chi connectivity index (χ2v) is 9.64. The van der Waals surface area contributed by atoms with Gasteiger partial charge >= 0.3 is 0 Å². The van der Waals surface area contributed by atoms with Gasteiger partial charge in [-0.2, -0.15) is 0 Å². The number of nitrogens with one attached hydrogen (secondary N) is 1. The number of carbonyl (C=O) groups excluding carboxylic acids is 1. The molecular weight excluding hydrogens is 453 g/mol. The molecule has 1 N–H and O–H groups in total. The Morgan fingerprint density at radius 2 is 1.90 bits per heavy atom. The number of rotatable bonds is 6. The zero-order valence-electron chi connectivity index (χ0n) is 16.1. The van der Waals surface area contributed by atoms with Gasteiger partial charge in [-0.1, -0.05) is 16.1 Å². The molecule has 0 aliphatic heterocycles. The van der Waals surface area contributed by atoms with Crippen LogP contribution < -0.4 is 5.32 Å². The van der Waals surface area contributed by atoms with Gasteiger partial charge in [-0.3, -0.25) is 14.9 Å². The summed E-state index contributed by atoms with van der Waals surface area (Å²) < 4.78 is 38.8. The minimum atomic E-state index is -4.04. The molecule has 1 heterocycles. The van der Waals surface area contributed by atoms with Gasteiger partial charge in [-0.25, -0.2) is 17.8 Å². The first-order valence-electron chi connectivity index (χ1n) is 8.51. The number of halogens is 2. The van der Waals surface area contributed by atoms with E-state index in [4.69, 9.17) is 16.4 Å². The van der Waals surface area contributed by atoms with Gasteiger partial charge in [0.2, 0.25) is 0 Å². The molecule has 0 radical (unpaired) electrons. The Bertz CT molecular complexity index is 1200. The topological polar surface area (TPSA) is 88.6 Å². The minimum absolute atomic E-state index is 0.0425. The molecule has 0 atom stereocenters. The molecule has 158 valence electrons. The largest absolute Gasteiger partial charge is 0.298 e. The van der Waals surface area contributed by atoms with E-state index >= 15 is 0 Å². The molecule has 3 rings (SSSR count). The summed E-state index contributed by atoms with van der Waals surface area (Å²) in [4.78, 5) is 22.4. The monoisotopic (exact) mass is 469 g/mol. The van der Waals surface area contributed by atoms with Crippen molar-refractivity contribution in [1.29, 1.82) is 0 Å². The number of sulfonamides is 1. The molecule has 11 heteroatoms. The maximum absolute atomic E-state index is 13.1. The highest BCUT2D eigenvalue weighted by Crippen LogP contribution is 2.31. The van der Waals surface area contributed by atoms with Crippen molar-refractivity contribution in [2.45, 2.75) is 11.8 Å². The maximum Gasteiger partial charge on any atom is 0.266 e. The second kappa shape index (κ2) is 8.78. The van der Waals surface area contributed by atoms with Crippen LogP contribution in [0.4, 0.5) is 9.52 Å². The molecule has 0 fully saturated rings. The molecule has 0 spiro atoms. The van der Waals surface area contributed by atoms with E-state index in [1.54, 1.807) is 12.1 Å². The predicted molar refractivity (Wildman–Crippen MR) is 114 cm³/mol. The first-order chi connectivity index (χ1) is 14.1. The van der Waals surface area contributed by atoms with Crippen molar-refractivity contribution in [1.82, 2.24) is 9.45 Å². The molecule has 0 unspecified atom stereocenters. The third-order valence-corrected chi connectivity index (χ3v) is 7.25. The van der Waals surface area contributed by atoms with Crippen LogP contribution in [0.15, 0.2) is 47.4 Å². The number of thiazole rings is 1. The molecule has 0 saturated carbocycles. The summed E-state index contributed by atoms with van der Waals surface area (Å²) in [6, 6.07) is 9.77. The third-order valence-electron chi connectivity index (χ3n) is 4.20. The van der Waals surface area contributed by atoms with Crippen molar-refractivity contribution in [2.75, 3.05) is 19.5 Å². The zero-order valence-corrected chi connectivity index (χ0v) is 18.5. The number of hydroxylamine groups is 1. The van der Waals surface area contributed by atoms with E-state index in [9.17, 15) is 17.6 Å². The number of hydrogen-bond acceptors (Lipinski definition) is 6. The molecule has 0 aliphatic rings. The summed E-state index contributed by atoms with van der Waals surface area (Å²) in [5.41, 5.74) is 1.42. The fourth-order valence-electron chi connectivity index (χ4n) is 2.57. The summed E-state index contributed by atoms with van der Waals surface area (Å²) in [5.74, 6) is -0.907. The number of amides is 1. The van der Waals surface area contributed by atoms with Gasteiger partial charge in [0.1, 0.15) is 10.7 Å². The molecule has 3 aromatic rings. The Morgan fingerprint density at radius 1 is 1.23 bits per heavy atom. The van der Waals surface area contributed by atoms with Gasteiger partial charge in [0.15, 0.2) is 5.13 Å². The summed E-state index contributed by atoms with van der Waals surface area (Å²) in [5, 5.41) is 2.94. The van der Waals surface area contributed by atoms with Crippen molar-refractivity contribution in [2.24, 2.45) is 0 Å². The van der Waals surface area contributed by atoms with Crippen LogP contribution in [0.5, 0.6) is 0 Å². The smallest absolute Gasteiger partial charge is 0.266 e. The van der Waals surface area contributed by atoms with Crippen LogP contribution in [0.25, 0.3) is 11.3 Å². The van der Waals surface area contributed by atoms with Crippen molar-refractivity contribution < 1.29 is 22.4 Å². The molecule has 1 amide bonds. The lowest BCUT2D eigenvalue weighted by Crippen LogP contribution is -2.26. The highest BCUT2D eigenvalue weighted by atomic mass is 35.5. The van der Waals surface area contributed by atoms with Crippen LogP contribution in [-0.4, -0.2) is 37.9 Å². The van der Waals surface area contributed by atoms with Gasteiger partial charge in [0.05, 0.1) is 17.8 Å². The first kappa shape index (κ1) is 22.3. The molecule has 0 bridgehead atoms. The SMILES string of the molecule is CON(C)S(=O)(=O)c1cc(C(=O)Nc2nc(-c3ccc(F)cc3)c(C)s2)ccc1Cl. The first-order valence-corrected chi connectivity index (χ1v) is 11.1. The average Bonchev–Trinajstić information content (AvgIpc) is 3.07. The number of aromatic nitrogens is 1. The lowest BCUT2D eigenvalue weighted by molar-refractivity contribution is -0.0258. The number of aryl methyl sites for hydroxylation is 1. The van der Waals surface area contributed by atoms with Crippen LogP contribution in [0, 0.1) is 12.7 Å². The molecular formula is C19H17ClFN3O4S2. The lowest BCUT2D eigenvalue weighted by Gasteiger charge is -2.15. The quantitative estimate of drug-likeness (QED) is 0.542. The maximum atomic E-state index is 13.1. The Kier molecular flexibility index (Phi) is 6.53. The molecule has 2 aromatic carbocycles. The van der Waals surface area contributed by atoms with Crippen LogP contribution in [0.3, 0.4) is 0 Å². The Labute approximate surface area is 182 Å². The van der Waals surface area contributed by atoms with E-state index in [-0.39, 0.29) is 21.3 Å². The summed E-state index contributed by atoms with van der Waals surface area (Å²) >= 11 is 7.27. The zero-order chi connectivity index (χ0) is 22.1. The van der Waals surface area contributed by atoms with Crippen LogP contribution in [0.2, 0.25) is 5.02 Å². The highest BCUT2D eigenvalue weighted by Gasteiger charge is 2.25. The fourth-order valence-corrected chi connectivity index (χ4v) is 4.88. The second-order valence-electron chi connectivity index (χ2n) is 6.13. The number of hydrogen-bond donors (Lipinski definition) is 1. The molecule has 30 heavy (non-hydrogen) atoms. The van der Waals surface area contributed by atoms with E-state index in [1.807, 2.05) is 6.92 Å². The fraction of sp³-hybridized carbons (Fsp3) is 0.158. The molecule has 1 aromatic heterocycles. The van der Waals surface area contributed by atoms with Crippen molar-refractivity contribution in [3.8, 4) is 11.3 Å². The van der Waals surface area contributed by atoms with E-state index in [0.29, 0.717) is 20.9 Å². The average molecular weight is 470 g/mol. The van der Waals surface area contributed by atoms with Crippen LogP contribution in [-0.2, 0) is 14.9 Å². The summed E-state index contributed by atoms with van der Waals surface area (Å²) in [6.07, 6.45) is 0. The standard InChI is InChI=1S/C19H17ClFN3O4S2/c1-11-17(12-4-7-14(21)8-5-12)22-19(29-11)23-18(25)13-6-9-15(20)16(10-13)30(26,27)24(2)28-3/h4-10H,1-3H3,(H,22,23,25). The Morgan fingerprint density at radius 3 is 2.53 bits per heavy atom. The number of anilines is 1. The van der Waals surface area contributed by atoms with Gasteiger partial charge in [0.25, 0.3) is 15.9 Å². The Balaban J connectivity index is 1.88. The van der Waals surface area contributed by atoms with Crippen molar-refractivity contribution in [3.05, 3.63) is 63.7 Å². The van der Waals surface area contributed by atoms with E-state index < -0.39 is 15.9 Å². The van der Waals surface area contributed by atoms with Gasteiger partial charge in [-0.15, -0.1) is 11.3 Å². The molecule has 0 aliphatic carbocycles. The number of benzene rings is 2. The van der Waals surface area contributed by atoms with E-state index in [2.05, 4.69) is 10.3 Å². The number of nitrogens with zero attached hydrogens (tertiary/aromatic N) is 2. The summed E-state index contributed by atoms with van der Waals surface area (Å²) in [7, 11) is -1.62. The third kappa shape index (κ3) is 4.52. The van der Waals surface area contributed by atoms with Crippen molar-refractivity contribution in [3.63, 3.8) is 0 Å². The van der Waals surface area contributed by atoms with Crippen molar-refractivity contribution >= 4 is 44.0 Å². The highest BCUT2D eigenvalue weighted by molar-refractivity contribution is 7.89. The van der Waals surface area contributed by atoms with Gasteiger partial charge < -0.3 is 0 Å². The Hall–Kier alpha value is -2.37. The van der Waals surface area contributed by atoms with Crippen LogP contribution >= 0.6 is 22.9 Å². The minimum Gasteiger partial charge on any atom is -0.298 e. The molecule has 7 nitrogen and oxygen atoms in total. The number of carbonyl (C=O) groups is 1. The van der Waals surface area contributed by atoms with Crippen LogP contribution in [0.1, 0.15) is 15.2 Å². The lowest BCUT2D eigenvalue weighted by atomic mass is 10.1. The van der Waals surface area contributed by atoms with E-state index in [0.717, 1.165) is 4.88 Å². The molecule has 0 saturated heterocycles.